The molecule has 2 aromatic carbocycles. The fourth-order valence-electron chi connectivity index (χ4n) is 5.19. The van der Waals surface area contributed by atoms with Gasteiger partial charge in [0.05, 0.1) is 41.2 Å². The van der Waals surface area contributed by atoms with E-state index in [0.717, 1.165) is 46.1 Å². The maximum absolute atomic E-state index is 12.7. The van der Waals surface area contributed by atoms with Gasteiger partial charge >= 0.3 is 0 Å². The van der Waals surface area contributed by atoms with E-state index in [0.29, 0.717) is 31.5 Å². The number of imide groups is 1. The first-order chi connectivity index (χ1) is 20.0. The van der Waals surface area contributed by atoms with E-state index in [1.165, 1.54) is 0 Å². The Kier molecular flexibility index (Phi) is 7.34. The van der Waals surface area contributed by atoms with Crippen LogP contribution in [0, 0.1) is 5.92 Å². The molecule has 3 heterocycles. The van der Waals surface area contributed by atoms with Crippen LogP contribution in [0.1, 0.15) is 53.2 Å². The largest absolute Gasteiger partial charge is 0.352 e. The summed E-state index contributed by atoms with van der Waals surface area (Å²) in [5.74, 6) is -0.476. The Balaban J connectivity index is 1.01. The molecule has 3 amide bonds. The minimum atomic E-state index is -0.492. The lowest BCUT2D eigenvalue weighted by Gasteiger charge is -2.22. The average molecular weight is 552 g/mol. The number of nitrogens with zero attached hydrogens (tertiary/aromatic N) is 4. The summed E-state index contributed by atoms with van der Waals surface area (Å²) < 4.78 is 1.91. The van der Waals surface area contributed by atoms with E-state index in [9.17, 15) is 19.2 Å². The van der Waals surface area contributed by atoms with E-state index in [4.69, 9.17) is 0 Å². The smallest absolute Gasteiger partial charge is 0.243 e. The fraction of sp³-hybridized carbons (Fsp3) is 0.300. The van der Waals surface area contributed by atoms with E-state index in [1.807, 2.05) is 41.2 Å². The maximum Gasteiger partial charge on any atom is 0.243 e. The minimum Gasteiger partial charge on any atom is -0.352 e. The van der Waals surface area contributed by atoms with E-state index in [-0.39, 0.29) is 36.1 Å². The van der Waals surface area contributed by atoms with Crippen molar-refractivity contribution in [3.8, 4) is 11.3 Å². The van der Waals surface area contributed by atoms with Crippen molar-refractivity contribution in [1.29, 1.82) is 0 Å². The number of piperidine rings is 1. The third-order valence-electron chi connectivity index (χ3n) is 7.62. The lowest BCUT2D eigenvalue weighted by atomic mass is 10.0. The van der Waals surface area contributed by atoms with Gasteiger partial charge in [-0.3, -0.25) is 34.2 Å². The van der Waals surface area contributed by atoms with Gasteiger partial charge in [-0.2, -0.15) is 5.10 Å². The summed E-state index contributed by atoms with van der Waals surface area (Å²) in [5.41, 5.74) is 5.41. The van der Waals surface area contributed by atoms with Gasteiger partial charge in [0.1, 0.15) is 6.29 Å². The first kappa shape index (κ1) is 26.5. The van der Waals surface area contributed by atoms with Crippen LogP contribution in [0.4, 0.5) is 0 Å². The Labute approximate surface area is 235 Å². The lowest BCUT2D eigenvalue weighted by molar-refractivity contribution is -0.134. The number of benzene rings is 2. The molecular formula is C30H29N7O4. The van der Waals surface area contributed by atoms with Crippen LogP contribution in [-0.4, -0.2) is 49.8 Å². The van der Waals surface area contributed by atoms with Crippen molar-refractivity contribution in [1.82, 2.24) is 35.7 Å². The molecule has 3 N–H and O–H groups in total. The minimum absolute atomic E-state index is 0.0482. The van der Waals surface area contributed by atoms with E-state index in [1.54, 1.807) is 24.5 Å². The van der Waals surface area contributed by atoms with Crippen molar-refractivity contribution < 1.29 is 19.2 Å². The van der Waals surface area contributed by atoms with Gasteiger partial charge in [0.2, 0.25) is 17.7 Å². The zero-order valence-corrected chi connectivity index (χ0v) is 22.2. The van der Waals surface area contributed by atoms with Gasteiger partial charge in [-0.15, -0.1) is 0 Å². The summed E-state index contributed by atoms with van der Waals surface area (Å²) in [6, 6.07) is 12.8. The third kappa shape index (κ3) is 6.04. The van der Waals surface area contributed by atoms with Gasteiger partial charge in [0.15, 0.2) is 0 Å². The molecule has 11 heteroatoms. The normalized spacial score (nSPS) is 20.0. The van der Waals surface area contributed by atoms with E-state index in [2.05, 4.69) is 31.0 Å². The molecular weight excluding hydrogens is 522 g/mol. The molecule has 11 nitrogen and oxygen atoms in total. The van der Waals surface area contributed by atoms with Crippen molar-refractivity contribution >= 4 is 35.0 Å². The number of hydrogen-bond acceptors (Lipinski definition) is 8. The summed E-state index contributed by atoms with van der Waals surface area (Å²) in [6.45, 7) is 0.621. The highest BCUT2D eigenvalue weighted by Crippen LogP contribution is 2.45. The molecule has 3 unspecified atom stereocenters. The first-order valence-corrected chi connectivity index (χ1v) is 13.6. The number of carbonyl (C=O) groups excluding carboxylic acids is 4. The summed E-state index contributed by atoms with van der Waals surface area (Å²) in [4.78, 5) is 56.8. The van der Waals surface area contributed by atoms with Gasteiger partial charge in [0.25, 0.3) is 0 Å². The van der Waals surface area contributed by atoms with Crippen molar-refractivity contribution in [2.24, 2.45) is 5.92 Å². The van der Waals surface area contributed by atoms with Gasteiger partial charge in [-0.05, 0) is 42.0 Å². The molecule has 1 aliphatic heterocycles. The Bertz CT molecular complexity index is 1650. The second kappa shape index (κ2) is 11.4. The quantitative estimate of drug-likeness (QED) is 0.201. The van der Waals surface area contributed by atoms with Crippen molar-refractivity contribution in [2.75, 3.05) is 0 Å². The van der Waals surface area contributed by atoms with Crippen LogP contribution in [-0.2, 0) is 27.5 Å². The molecule has 3 atom stereocenters. The number of aromatic nitrogens is 4. The Morgan fingerprint density at radius 2 is 1.95 bits per heavy atom. The van der Waals surface area contributed by atoms with Gasteiger partial charge in [-0.1, -0.05) is 30.3 Å². The monoisotopic (exact) mass is 551 g/mol. The molecule has 0 spiro atoms. The summed E-state index contributed by atoms with van der Waals surface area (Å²) in [7, 11) is 0. The van der Waals surface area contributed by atoms with Crippen LogP contribution in [0.5, 0.6) is 0 Å². The van der Waals surface area contributed by atoms with Crippen LogP contribution in [0.3, 0.4) is 0 Å². The van der Waals surface area contributed by atoms with Crippen molar-refractivity contribution in [3.63, 3.8) is 0 Å². The number of rotatable bonds is 10. The highest BCUT2D eigenvalue weighted by atomic mass is 16.2. The van der Waals surface area contributed by atoms with Crippen LogP contribution in [0.2, 0.25) is 0 Å². The number of fused-ring (bicyclic) bond motifs is 1. The topological polar surface area (TPSA) is 148 Å². The van der Waals surface area contributed by atoms with Gasteiger partial charge < -0.3 is 10.6 Å². The van der Waals surface area contributed by atoms with Crippen LogP contribution in [0.15, 0.2) is 61.1 Å². The maximum atomic E-state index is 12.7. The Morgan fingerprint density at radius 1 is 1.10 bits per heavy atom. The Hall–Kier alpha value is -4.77. The van der Waals surface area contributed by atoms with Crippen molar-refractivity contribution in [2.45, 2.75) is 50.9 Å². The number of carbonyl (C=O) groups is 4. The molecule has 0 bridgehead atoms. The standard InChI is InChI=1S/C30H29N7O4/c38-17-19-6-5-18(9-21(19)13-31-25-7-8-28(39)36-30(25)41)12-33-29(40)11-20-10-27(20)37-16-22(14-34-37)26-15-32-23-3-1-2-4-24(23)35-26/h1-6,9,14-17,20,25,27,31H,7-8,10-13H2,(H,33,40)(H,36,39,41). The Morgan fingerprint density at radius 3 is 2.78 bits per heavy atom. The number of hydrogen-bond donors (Lipinski definition) is 3. The zero-order chi connectivity index (χ0) is 28.3. The number of aldehydes is 1. The molecule has 1 saturated carbocycles. The lowest BCUT2D eigenvalue weighted by Crippen LogP contribution is -2.50. The molecule has 41 heavy (non-hydrogen) atoms. The summed E-state index contributed by atoms with van der Waals surface area (Å²) in [6.07, 6.45) is 8.22. The third-order valence-corrected chi connectivity index (χ3v) is 7.62. The highest BCUT2D eigenvalue weighted by molar-refractivity contribution is 6.00. The second-order valence-electron chi connectivity index (χ2n) is 10.5. The second-order valence-corrected chi connectivity index (χ2v) is 10.5. The first-order valence-electron chi connectivity index (χ1n) is 13.6. The van der Waals surface area contributed by atoms with Gasteiger partial charge in [0, 0.05) is 43.3 Å². The zero-order valence-electron chi connectivity index (χ0n) is 22.2. The van der Waals surface area contributed by atoms with Crippen LogP contribution >= 0.6 is 0 Å². The summed E-state index contributed by atoms with van der Waals surface area (Å²) >= 11 is 0. The predicted octanol–water partition coefficient (Wildman–Crippen LogP) is 2.47. The highest BCUT2D eigenvalue weighted by Gasteiger charge is 2.40. The van der Waals surface area contributed by atoms with Crippen molar-refractivity contribution in [3.05, 3.63) is 77.7 Å². The fourth-order valence-corrected chi connectivity index (χ4v) is 5.19. The molecule has 2 aliphatic rings. The van der Waals surface area contributed by atoms with Gasteiger partial charge in [-0.25, -0.2) is 4.98 Å². The predicted molar refractivity (Wildman–Crippen MR) is 149 cm³/mol. The molecule has 208 valence electrons. The van der Waals surface area contributed by atoms with E-state index >= 15 is 0 Å². The van der Waals surface area contributed by atoms with Crippen LogP contribution < -0.4 is 16.0 Å². The molecule has 0 radical (unpaired) electrons. The SMILES string of the molecule is O=Cc1ccc(CNC(=O)CC2CC2n2cc(-c3cnc4ccccc4n3)cn2)cc1CNC1CCC(=O)NC1=O. The number of amides is 3. The molecule has 6 rings (SSSR count). The molecule has 4 aromatic rings. The number of para-hydroxylation sites is 2. The number of nitrogens with one attached hydrogen (secondary N) is 3. The van der Waals surface area contributed by atoms with Crippen LogP contribution in [0.25, 0.3) is 22.3 Å². The molecule has 1 saturated heterocycles. The molecule has 2 fully saturated rings. The summed E-state index contributed by atoms with van der Waals surface area (Å²) in [5, 5.41) is 12.9. The van der Waals surface area contributed by atoms with E-state index < -0.39 is 6.04 Å². The average Bonchev–Trinajstić information content (AvgIpc) is 3.56. The molecule has 1 aliphatic carbocycles. The molecule has 2 aromatic heterocycles.